The van der Waals surface area contributed by atoms with Crippen LogP contribution in [-0.4, -0.2) is 29.0 Å². The summed E-state index contributed by atoms with van der Waals surface area (Å²) in [6, 6.07) is 0. The van der Waals surface area contributed by atoms with Crippen molar-refractivity contribution in [2.45, 2.75) is 5.44 Å². The molecule has 0 aromatic heterocycles. The first-order chi connectivity index (χ1) is 4.43. The van der Waals surface area contributed by atoms with Gasteiger partial charge in [-0.05, 0) is 12.0 Å². The molecule has 54 valence electrons. The maximum atomic E-state index is 5.34. The van der Waals surface area contributed by atoms with Crippen molar-refractivity contribution in [3.8, 4) is 0 Å². The predicted octanol–water partition coefficient (Wildman–Crippen LogP) is 2.09. The summed E-state index contributed by atoms with van der Waals surface area (Å²) in [6.07, 6.45) is 1.97. The number of thioether (sulfide) groups is 2. The Morgan fingerprint density at radius 3 is 3.00 bits per heavy atom. The molecular weight excluding hydrogens is 172 g/mol. The van der Waals surface area contributed by atoms with E-state index < -0.39 is 0 Å². The Morgan fingerprint density at radius 1 is 1.56 bits per heavy atom. The van der Waals surface area contributed by atoms with Gasteiger partial charge in [-0.3, -0.25) is 0 Å². The first kappa shape index (κ1) is 8.11. The van der Waals surface area contributed by atoms with Gasteiger partial charge in [-0.2, -0.15) is 11.8 Å². The smallest absolute Gasteiger partial charge is 0.126 e. The molecule has 1 aliphatic rings. The SMILES string of the molecule is CSOC1CSCCS1. The zero-order valence-corrected chi connectivity index (χ0v) is 7.78. The lowest BCUT2D eigenvalue weighted by atomic mass is 10.8. The lowest BCUT2D eigenvalue weighted by Crippen LogP contribution is -2.14. The summed E-state index contributed by atoms with van der Waals surface area (Å²) in [6.45, 7) is 0. The molecule has 1 atom stereocenters. The summed E-state index contributed by atoms with van der Waals surface area (Å²) in [5.74, 6) is 3.69. The van der Waals surface area contributed by atoms with Crippen LogP contribution in [0.2, 0.25) is 0 Å². The van der Waals surface area contributed by atoms with Gasteiger partial charge in [0.2, 0.25) is 0 Å². The van der Waals surface area contributed by atoms with Crippen molar-refractivity contribution < 1.29 is 4.18 Å². The van der Waals surface area contributed by atoms with E-state index in [1.54, 1.807) is 0 Å². The Bertz CT molecular complexity index is 69.8. The van der Waals surface area contributed by atoms with Gasteiger partial charge in [0.1, 0.15) is 5.44 Å². The molecule has 1 aliphatic heterocycles. The van der Waals surface area contributed by atoms with E-state index in [0.29, 0.717) is 5.44 Å². The van der Waals surface area contributed by atoms with Crippen molar-refractivity contribution in [1.29, 1.82) is 0 Å². The van der Waals surface area contributed by atoms with Gasteiger partial charge in [-0.1, -0.05) is 0 Å². The molecule has 0 spiro atoms. The maximum absolute atomic E-state index is 5.34. The standard InChI is InChI=1S/C5H10OS3/c1-7-6-5-4-8-2-3-9-5/h5H,2-4H2,1H3. The normalized spacial score (nSPS) is 28.3. The molecule has 1 nitrogen and oxygen atoms in total. The Kier molecular flexibility index (Phi) is 4.30. The minimum absolute atomic E-state index is 0.443. The second kappa shape index (κ2) is 4.77. The Labute approximate surface area is 68.9 Å². The Balaban J connectivity index is 2.08. The topological polar surface area (TPSA) is 9.23 Å². The predicted molar refractivity (Wildman–Crippen MR) is 48.2 cm³/mol. The van der Waals surface area contributed by atoms with Crippen LogP contribution in [-0.2, 0) is 4.18 Å². The molecular formula is C5H10OS3. The van der Waals surface area contributed by atoms with E-state index in [9.17, 15) is 0 Å². The average molecular weight is 182 g/mol. The van der Waals surface area contributed by atoms with Gasteiger partial charge in [-0.25, -0.2) is 0 Å². The van der Waals surface area contributed by atoms with E-state index in [-0.39, 0.29) is 0 Å². The maximum Gasteiger partial charge on any atom is 0.126 e. The zero-order valence-electron chi connectivity index (χ0n) is 5.33. The van der Waals surface area contributed by atoms with E-state index in [4.69, 9.17) is 4.18 Å². The fraction of sp³-hybridized carbons (Fsp3) is 1.00. The second-order valence-electron chi connectivity index (χ2n) is 1.64. The molecule has 1 unspecified atom stereocenters. The highest BCUT2D eigenvalue weighted by molar-refractivity contribution is 8.07. The molecule has 0 aromatic rings. The zero-order chi connectivity index (χ0) is 6.53. The fourth-order valence-corrected chi connectivity index (χ4v) is 3.68. The van der Waals surface area contributed by atoms with Crippen LogP contribution in [0, 0.1) is 0 Å². The van der Waals surface area contributed by atoms with E-state index in [0.717, 1.165) is 5.75 Å². The molecule has 0 amide bonds. The lowest BCUT2D eigenvalue weighted by molar-refractivity contribution is 0.370. The third-order valence-corrected chi connectivity index (χ3v) is 4.11. The van der Waals surface area contributed by atoms with Gasteiger partial charge in [0.25, 0.3) is 0 Å². The van der Waals surface area contributed by atoms with E-state index in [1.165, 1.54) is 23.5 Å². The average Bonchev–Trinajstić information content (AvgIpc) is 1.91. The molecule has 0 N–H and O–H groups in total. The van der Waals surface area contributed by atoms with Crippen molar-refractivity contribution in [3.05, 3.63) is 0 Å². The van der Waals surface area contributed by atoms with Gasteiger partial charge < -0.3 is 4.18 Å². The first-order valence-corrected chi connectivity index (χ1v) is 6.17. The molecule has 0 aliphatic carbocycles. The van der Waals surface area contributed by atoms with Crippen molar-refractivity contribution in [2.24, 2.45) is 0 Å². The van der Waals surface area contributed by atoms with Crippen LogP contribution in [0.5, 0.6) is 0 Å². The van der Waals surface area contributed by atoms with Gasteiger partial charge in [0.15, 0.2) is 0 Å². The summed E-state index contributed by atoms with van der Waals surface area (Å²) in [5.41, 5.74) is 0.443. The molecule has 0 bridgehead atoms. The molecule has 1 saturated heterocycles. The first-order valence-electron chi connectivity index (χ1n) is 2.82. The number of hydrogen-bond acceptors (Lipinski definition) is 4. The molecule has 4 heteroatoms. The summed E-state index contributed by atoms with van der Waals surface area (Å²) in [5, 5.41) is 0. The molecule has 0 aromatic carbocycles. The molecule has 1 heterocycles. The summed E-state index contributed by atoms with van der Waals surface area (Å²) >= 11 is 5.38. The molecule has 0 radical (unpaired) electrons. The molecule has 1 rings (SSSR count). The molecule has 0 saturated carbocycles. The summed E-state index contributed by atoms with van der Waals surface area (Å²) < 4.78 is 5.34. The minimum Gasteiger partial charge on any atom is -0.301 e. The third kappa shape index (κ3) is 3.07. The summed E-state index contributed by atoms with van der Waals surface area (Å²) in [4.78, 5) is 0. The van der Waals surface area contributed by atoms with Crippen LogP contribution in [0.4, 0.5) is 0 Å². The van der Waals surface area contributed by atoms with Gasteiger partial charge in [0, 0.05) is 23.5 Å². The van der Waals surface area contributed by atoms with Crippen LogP contribution >= 0.6 is 35.6 Å². The van der Waals surface area contributed by atoms with Crippen molar-refractivity contribution >= 4 is 35.6 Å². The van der Waals surface area contributed by atoms with Gasteiger partial charge in [0.05, 0.1) is 0 Å². The van der Waals surface area contributed by atoms with Crippen molar-refractivity contribution in [3.63, 3.8) is 0 Å². The van der Waals surface area contributed by atoms with Crippen LogP contribution in [0.3, 0.4) is 0 Å². The number of rotatable bonds is 2. The van der Waals surface area contributed by atoms with Gasteiger partial charge in [-0.15, -0.1) is 11.8 Å². The highest BCUT2D eigenvalue weighted by Gasteiger charge is 2.13. The molecule has 9 heavy (non-hydrogen) atoms. The monoisotopic (exact) mass is 182 g/mol. The summed E-state index contributed by atoms with van der Waals surface area (Å²) in [7, 11) is 0. The van der Waals surface area contributed by atoms with E-state index in [1.807, 2.05) is 29.8 Å². The van der Waals surface area contributed by atoms with Crippen LogP contribution < -0.4 is 0 Å². The quantitative estimate of drug-likeness (QED) is 0.604. The molecule has 1 fully saturated rings. The van der Waals surface area contributed by atoms with Crippen molar-refractivity contribution in [1.82, 2.24) is 0 Å². The third-order valence-electron chi connectivity index (χ3n) is 0.989. The largest absolute Gasteiger partial charge is 0.301 e. The Morgan fingerprint density at radius 2 is 2.44 bits per heavy atom. The second-order valence-corrected chi connectivity index (χ2v) is 4.58. The van der Waals surface area contributed by atoms with E-state index in [2.05, 4.69) is 0 Å². The highest BCUT2D eigenvalue weighted by Crippen LogP contribution is 2.26. The van der Waals surface area contributed by atoms with Crippen LogP contribution in [0.1, 0.15) is 0 Å². The fourth-order valence-electron chi connectivity index (χ4n) is 0.629. The van der Waals surface area contributed by atoms with E-state index >= 15 is 0 Å². The lowest BCUT2D eigenvalue weighted by Gasteiger charge is -2.18. The van der Waals surface area contributed by atoms with Crippen LogP contribution in [0.15, 0.2) is 0 Å². The minimum atomic E-state index is 0.443. The van der Waals surface area contributed by atoms with Crippen molar-refractivity contribution in [2.75, 3.05) is 23.5 Å². The highest BCUT2D eigenvalue weighted by atomic mass is 32.2. The number of hydrogen-bond donors (Lipinski definition) is 0. The van der Waals surface area contributed by atoms with Gasteiger partial charge >= 0.3 is 0 Å². The Hall–Kier alpha value is 1.01. The van der Waals surface area contributed by atoms with Crippen LogP contribution in [0.25, 0.3) is 0 Å².